The van der Waals surface area contributed by atoms with Crippen LogP contribution < -0.4 is 5.32 Å². The summed E-state index contributed by atoms with van der Waals surface area (Å²) < 4.78 is 13.5. The molecule has 0 fully saturated rings. The van der Waals surface area contributed by atoms with E-state index in [1.807, 2.05) is 25.2 Å². The van der Waals surface area contributed by atoms with Gasteiger partial charge in [0.25, 0.3) is 0 Å². The number of rotatable bonds is 5. The minimum absolute atomic E-state index is 0.126. The van der Waals surface area contributed by atoms with Crippen LogP contribution in [0, 0.1) is 5.82 Å². The van der Waals surface area contributed by atoms with Gasteiger partial charge < -0.3 is 5.32 Å². The molecule has 0 amide bonds. The molecular weight excluding hydrogens is 332 g/mol. The Bertz CT molecular complexity index is 631. The van der Waals surface area contributed by atoms with Gasteiger partial charge in [0.15, 0.2) is 0 Å². The van der Waals surface area contributed by atoms with E-state index in [0.29, 0.717) is 16.5 Å². The normalized spacial score (nSPS) is 12.4. The number of hydrogen-bond acceptors (Lipinski definition) is 1. The van der Waals surface area contributed by atoms with E-state index in [4.69, 9.17) is 34.8 Å². The molecule has 0 heterocycles. The van der Waals surface area contributed by atoms with E-state index in [1.165, 1.54) is 6.07 Å². The quantitative estimate of drug-likeness (QED) is 0.788. The molecule has 21 heavy (non-hydrogen) atoms. The number of likely N-dealkylation sites (N-methyl/N-ethyl adjacent to an activating group) is 1. The van der Waals surface area contributed by atoms with Gasteiger partial charge in [-0.2, -0.15) is 0 Å². The zero-order valence-corrected chi connectivity index (χ0v) is 13.7. The average molecular weight is 347 g/mol. The van der Waals surface area contributed by atoms with Crippen LogP contribution in [-0.2, 0) is 12.8 Å². The minimum atomic E-state index is -0.390. The molecule has 0 radical (unpaired) electrons. The summed E-state index contributed by atoms with van der Waals surface area (Å²) in [6, 6.07) is 10.6. The lowest BCUT2D eigenvalue weighted by atomic mass is 9.99. The molecule has 1 atom stereocenters. The highest BCUT2D eigenvalue weighted by Gasteiger charge is 2.13. The fourth-order valence-electron chi connectivity index (χ4n) is 2.20. The Labute approximate surface area is 139 Å². The van der Waals surface area contributed by atoms with Crippen molar-refractivity contribution in [3.63, 3.8) is 0 Å². The van der Waals surface area contributed by atoms with Gasteiger partial charge in [-0.05, 0) is 49.2 Å². The van der Waals surface area contributed by atoms with Crippen molar-refractivity contribution < 1.29 is 4.39 Å². The van der Waals surface area contributed by atoms with Gasteiger partial charge in [0.2, 0.25) is 0 Å². The number of hydrogen-bond donors (Lipinski definition) is 1. The monoisotopic (exact) mass is 345 g/mol. The summed E-state index contributed by atoms with van der Waals surface area (Å²) in [4.78, 5) is 0. The van der Waals surface area contributed by atoms with E-state index in [2.05, 4.69) is 5.32 Å². The van der Waals surface area contributed by atoms with E-state index in [-0.39, 0.29) is 11.1 Å². The van der Waals surface area contributed by atoms with Gasteiger partial charge in [-0.3, -0.25) is 0 Å². The first-order valence-electron chi connectivity index (χ1n) is 6.55. The lowest BCUT2D eigenvalue weighted by Gasteiger charge is -2.17. The highest BCUT2D eigenvalue weighted by Crippen LogP contribution is 2.25. The van der Waals surface area contributed by atoms with Gasteiger partial charge in [-0.1, -0.05) is 53.0 Å². The molecule has 0 aliphatic rings. The van der Waals surface area contributed by atoms with Crippen molar-refractivity contribution >= 4 is 34.8 Å². The van der Waals surface area contributed by atoms with Crippen LogP contribution in [0.4, 0.5) is 4.39 Å². The maximum atomic E-state index is 13.5. The van der Waals surface area contributed by atoms with Crippen molar-refractivity contribution in [3.05, 3.63) is 68.4 Å². The van der Waals surface area contributed by atoms with Crippen molar-refractivity contribution in [2.45, 2.75) is 18.9 Å². The maximum absolute atomic E-state index is 13.5. The molecule has 1 nitrogen and oxygen atoms in total. The molecule has 0 saturated heterocycles. The molecule has 2 aromatic rings. The van der Waals surface area contributed by atoms with Crippen LogP contribution >= 0.6 is 34.8 Å². The molecule has 1 N–H and O–H groups in total. The topological polar surface area (TPSA) is 12.0 Å². The highest BCUT2D eigenvalue weighted by molar-refractivity contribution is 6.42. The summed E-state index contributed by atoms with van der Waals surface area (Å²) in [5.41, 5.74) is 1.85. The summed E-state index contributed by atoms with van der Waals surface area (Å²) in [7, 11) is 1.87. The minimum Gasteiger partial charge on any atom is -0.316 e. The van der Waals surface area contributed by atoms with Crippen LogP contribution in [0.1, 0.15) is 11.1 Å². The number of halogens is 4. The van der Waals surface area contributed by atoms with Gasteiger partial charge in [0.05, 0.1) is 15.1 Å². The van der Waals surface area contributed by atoms with Crippen molar-refractivity contribution in [1.29, 1.82) is 0 Å². The predicted octanol–water partition coefficient (Wildman–Crippen LogP) is 5.16. The summed E-state index contributed by atoms with van der Waals surface area (Å²) in [5.74, 6) is -0.390. The van der Waals surface area contributed by atoms with Crippen LogP contribution in [0.2, 0.25) is 15.1 Å². The average Bonchev–Trinajstić information content (AvgIpc) is 2.47. The molecule has 2 aromatic carbocycles. The van der Waals surface area contributed by atoms with Gasteiger partial charge >= 0.3 is 0 Å². The largest absolute Gasteiger partial charge is 0.316 e. The Morgan fingerprint density at radius 2 is 1.81 bits per heavy atom. The van der Waals surface area contributed by atoms with E-state index in [9.17, 15) is 4.39 Å². The van der Waals surface area contributed by atoms with Gasteiger partial charge in [-0.15, -0.1) is 0 Å². The molecule has 0 aliphatic carbocycles. The van der Waals surface area contributed by atoms with Gasteiger partial charge in [-0.25, -0.2) is 4.39 Å². The van der Waals surface area contributed by atoms with E-state index in [0.717, 1.165) is 17.5 Å². The van der Waals surface area contributed by atoms with Crippen LogP contribution in [0.25, 0.3) is 0 Å². The standard InChI is InChI=1S/C16H15Cl3FN/c1-21-12(7-10-5-6-13(17)14(18)8-10)9-11-3-2-4-15(20)16(11)19/h2-6,8,12,21H,7,9H2,1H3. The Morgan fingerprint density at radius 3 is 2.48 bits per heavy atom. The maximum Gasteiger partial charge on any atom is 0.142 e. The summed E-state index contributed by atoms with van der Waals surface area (Å²) in [5, 5.41) is 4.48. The summed E-state index contributed by atoms with van der Waals surface area (Å²) in [6.07, 6.45) is 1.38. The second-order valence-electron chi connectivity index (χ2n) is 4.86. The Hall–Kier alpha value is -0.800. The number of benzene rings is 2. The molecule has 0 bridgehead atoms. The summed E-state index contributed by atoms with van der Waals surface area (Å²) in [6.45, 7) is 0. The van der Waals surface area contributed by atoms with Crippen LogP contribution in [0.15, 0.2) is 36.4 Å². The fourth-order valence-corrected chi connectivity index (χ4v) is 2.72. The zero-order valence-electron chi connectivity index (χ0n) is 11.5. The van der Waals surface area contributed by atoms with Crippen molar-refractivity contribution in [1.82, 2.24) is 5.32 Å². The Balaban J connectivity index is 2.13. The van der Waals surface area contributed by atoms with Crippen LogP contribution in [0.5, 0.6) is 0 Å². The highest BCUT2D eigenvalue weighted by atomic mass is 35.5. The lowest BCUT2D eigenvalue weighted by molar-refractivity contribution is 0.553. The first-order valence-corrected chi connectivity index (χ1v) is 7.68. The predicted molar refractivity (Wildman–Crippen MR) is 88.1 cm³/mol. The third-order valence-corrected chi connectivity index (χ3v) is 4.53. The molecule has 0 aliphatic heterocycles. The Kier molecular flexibility index (Phi) is 5.88. The smallest absolute Gasteiger partial charge is 0.142 e. The molecule has 0 saturated carbocycles. The number of nitrogens with one attached hydrogen (secondary N) is 1. The Morgan fingerprint density at radius 1 is 1.05 bits per heavy atom. The van der Waals surface area contributed by atoms with Crippen molar-refractivity contribution in [2.75, 3.05) is 7.05 Å². The van der Waals surface area contributed by atoms with Crippen molar-refractivity contribution in [2.24, 2.45) is 0 Å². The van der Waals surface area contributed by atoms with E-state index >= 15 is 0 Å². The lowest BCUT2D eigenvalue weighted by Crippen LogP contribution is -2.30. The molecule has 0 aromatic heterocycles. The third-order valence-electron chi connectivity index (χ3n) is 3.37. The molecule has 5 heteroatoms. The van der Waals surface area contributed by atoms with Gasteiger partial charge in [0.1, 0.15) is 5.82 Å². The van der Waals surface area contributed by atoms with Crippen molar-refractivity contribution in [3.8, 4) is 0 Å². The zero-order chi connectivity index (χ0) is 15.4. The van der Waals surface area contributed by atoms with E-state index < -0.39 is 5.82 Å². The first-order chi connectivity index (χ1) is 10.0. The molecular formula is C16H15Cl3FN. The molecule has 2 rings (SSSR count). The second-order valence-corrected chi connectivity index (χ2v) is 6.05. The fraction of sp³-hybridized carbons (Fsp3) is 0.250. The van der Waals surface area contributed by atoms with Crippen LogP contribution in [0.3, 0.4) is 0 Å². The van der Waals surface area contributed by atoms with Gasteiger partial charge in [0, 0.05) is 6.04 Å². The SMILES string of the molecule is CNC(Cc1ccc(Cl)c(Cl)c1)Cc1cccc(F)c1Cl. The molecule has 0 spiro atoms. The molecule has 1 unspecified atom stereocenters. The second kappa shape index (κ2) is 7.46. The third kappa shape index (κ3) is 4.33. The summed E-state index contributed by atoms with van der Waals surface area (Å²) >= 11 is 17.9. The van der Waals surface area contributed by atoms with Crippen LogP contribution in [-0.4, -0.2) is 13.1 Å². The van der Waals surface area contributed by atoms with E-state index in [1.54, 1.807) is 12.1 Å². The molecule has 112 valence electrons. The first kappa shape index (κ1) is 16.6.